The fourth-order valence-corrected chi connectivity index (χ4v) is 1.96. The average molecular weight is 287 g/mol. The largest absolute Gasteiger partial charge is 0.480 e. The molecule has 0 aliphatic heterocycles. The lowest BCUT2D eigenvalue weighted by molar-refractivity contribution is -0.137. The van der Waals surface area contributed by atoms with E-state index in [2.05, 4.69) is 5.32 Å². The Balaban J connectivity index is 2.16. The molecule has 110 valence electrons. The van der Waals surface area contributed by atoms with Crippen molar-refractivity contribution in [3.8, 4) is 0 Å². The normalized spacial score (nSPS) is 10.2. The molecular formula is C15H17N3O3. The second kappa shape index (κ2) is 6.13. The number of hydrogen-bond donors (Lipinski definition) is 2. The van der Waals surface area contributed by atoms with Crippen molar-refractivity contribution in [1.29, 1.82) is 0 Å². The number of aliphatic carboxylic acids is 1. The maximum atomic E-state index is 12.2. The molecule has 2 N–H and O–H groups in total. The first-order chi connectivity index (χ1) is 9.97. The summed E-state index contributed by atoms with van der Waals surface area (Å²) in [5, 5.41) is 11.6. The molecule has 0 saturated carbocycles. The Labute approximate surface area is 122 Å². The number of rotatable bonds is 5. The van der Waals surface area contributed by atoms with Crippen molar-refractivity contribution in [2.45, 2.75) is 6.54 Å². The van der Waals surface area contributed by atoms with Crippen LogP contribution in [0.4, 0.5) is 11.4 Å². The predicted molar refractivity (Wildman–Crippen MR) is 80.8 cm³/mol. The summed E-state index contributed by atoms with van der Waals surface area (Å²) in [5.74, 6) is -1.33. The highest BCUT2D eigenvalue weighted by Gasteiger charge is 2.13. The zero-order valence-corrected chi connectivity index (χ0v) is 11.9. The highest BCUT2D eigenvalue weighted by atomic mass is 16.4. The molecule has 0 saturated heterocycles. The zero-order chi connectivity index (χ0) is 15.4. The predicted octanol–water partition coefficient (Wildman–Crippen LogP) is 1.89. The van der Waals surface area contributed by atoms with Crippen LogP contribution in [0.5, 0.6) is 0 Å². The van der Waals surface area contributed by atoms with Gasteiger partial charge in [-0.2, -0.15) is 0 Å². The van der Waals surface area contributed by atoms with Gasteiger partial charge in [-0.05, 0) is 30.3 Å². The van der Waals surface area contributed by atoms with Gasteiger partial charge in [-0.3, -0.25) is 9.59 Å². The summed E-state index contributed by atoms with van der Waals surface area (Å²) >= 11 is 0. The van der Waals surface area contributed by atoms with Gasteiger partial charge in [0.1, 0.15) is 12.2 Å². The molecular weight excluding hydrogens is 270 g/mol. The minimum absolute atomic E-state index is 0.243. The van der Waals surface area contributed by atoms with E-state index in [1.807, 2.05) is 37.2 Å². The molecule has 2 aromatic rings. The van der Waals surface area contributed by atoms with Gasteiger partial charge in [0, 0.05) is 31.7 Å². The molecule has 6 nitrogen and oxygen atoms in total. The quantitative estimate of drug-likeness (QED) is 0.880. The molecule has 0 unspecified atom stereocenters. The van der Waals surface area contributed by atoms with Crippen LogP contribution in [-0.2, 0) is 11.3 Å². The van der Waals surface area contributed by atoms with Crippen molar-refractivity contribution >= 4 is 23.3 Å². The van der Waals surface area contributed by atoms with E-state index in [4.69, 9.17) is 5.11 Å². The third-order valence-electron chi connectivity index (χ3n) is 2.99. The van der Waals surface area contributed by atoms with Gasteiger partial charge in [0.05, 0.1) is 0 Å². The SMILES string of the molecule is CN(C)c1cccc(NC(=O)c2cccn2CC(=O)O)c1. The lowest BCUT2D eigenvalue weighted by Crippen LogP contribution is -2.19. The number of carbonyl (C=O) groups is 2. The molecule has 0 bridgehead atoms. The van der Waals surface area contributed by atoms with E-state index in [1.54, 1.807) is 24.4 Å². The van der Waals surface area contributed by atoms with Crippen molar-refractivity contribution in [1.82, 2.24) is 4.57 Å². The number of nitrogens with one attached hydrogen (secondary N) is 1. The van der Waals surface area contributed by atoms with E-state index in [-0.39, 0.29) is 12.5 Å². The number of benzene rings is 1. The summed E-state index contributed by atoms with van der Waals surface area (Å²) in [6, 6.07) is 10.7. The number of carboxylic acids is 1. The van der Waals surface area contributed by atoms with Crippen molar-refractivity contribution < 1.29 is 14.7 Å². The first-order valence-electron chi connectivity index (χ1n) is 6.43. The second-order valence-corrected chi connectivity index (χ2v) is 4.81. The summed E-state index contributed by atoms with van der Waals surface area (Å²) in [7, 11) is 3.83. The monoisotopic (exact) mass is 287 g/mol. The molecule has 0 fully saturated rings. The Morgan fingerprint density at radius 1 is 1.24 bits per heavy atom. The minimum Gasteiger partial charge on any atom is -0.480 e. The van der Waals surface area contributed by atoms with E-state index in [0.29, 0.717) is 11.4 Å². The summed E-state index contributed by atoms with van der Waals surface area (Å²) in [5.41, 5.74) is 1.94. The topological polar surface area (TPSA) is 74.6 Å². The first-order valence-corrected chi connectivity index (χ1v) is 6.43. The van der Waals surface area contributed by atoms with Crippen LogP contribution in [0.2, 0.25) is 0 Å². The van der Waals surface area contributed by atoms with E-state index in [9.17, 15) is 9.59 Å². The molecule has 0 radical (unpaired) electrons. The van der Waals surface area contributed by atoms with Gasteiger partial charge in [0.2, 0.25) is 0 Å². The molecule has 0 spiro atoms. The zero-order valence-electron chi connectivity index (χ0n) is 11.9. The van der Waals surface area contributed by atoms with Crippen molar-refractivity contribution in [2.24, 2.45) is 0 Å². The van der Waals surface area contributed by atoms with Gasteiger partial charge in [-0.15, -0.1) is 0 Å². The Morgan fingerprint density at radius 2 is 2.00 bits per heavy atom. The molecule has 0 atom stereocenters. The smallest absolute Gasteiger partial charge is 0.323 e. The number of anilines is 2. The maximum absolute atomic E-state index is 12.2. The Hall–Kier alpha value is -2.76. The molecule has 1 aromatic carbocycles. The number of carbonyl (C=O) groups excluding carboxylic acids is 1. The number of nitrogens with zero attached hydrogens (tertiary/aromatic N) is 2. The molecule has 1 aromatic heterocycles. The number of aromatic nitrogens is 1. The van der Waals surface area contributed by atoms with Crippen LogP contribution < -0.4 is 10.2 Å². The molecule has 1 heterocycles. The van der Waals surface area contributed by atoms with Crippen LogP contribution >= 0.6 is 0 Å². The van der Waals surface area contributed by atoms with Gasteiger partial charge in [0.15, 0.2) is 0 Å². The molecule has 0 aliphatic rings. The van der Waals surface area contributed by atoms with Crippen LogP contribution in [0.1, 0.15) is 10.5 Å². The van der Waals surface area contributed by atoms with Crippen molar-refractivity contribution in [3.05, 3.63) is 48.3 Å². The van der Waals surface area contributed by atoms with E-state index in [0.717, 1.165) is 5.69 Å². The molecule has 0 aliphatic carbocycles. The second-order valence-electron chi connectivity index (χ2n) is 4.81. The number of carboxylic acid groups (broad SMARTS) is 1. The molecule has 1 amide bonds. The van der Waals surface area contributed by atoms with Gasteiger partial charge >= 0.3 is 5.97 Å². The average Bonchev–Trinajstić information content (AvgIpc) is 2.86. The highest BCUT2D eigenvalue weighted by Crippen LogP contribution is 2.18. The minimum atomic E-state index is -0.991. The summed E-state index contributed by atoms with van der Waals surface area (Å²) in [6.45, 7) is -0.243. The summed E-state index contributed by atoms with van der Waals surface area (Å²) in [6.07, 6.45) is 1.57. The summed E-state index contributed by atoms with van der Waals surface area (Å²) < 4.78 is 1.40. The lowest BCUT2D eigenvalue weighted by Gasteiger charge is -2.14. The van der Waals surface area contributed by atoms with Gasteiger partial charge < -0.3 is 19.9 Å². The van der Waals surface area contributed by atoms with E-state index >= 15 is 0 Å². The van der Waals surface area contributed by atoms with Crippen molar-refractivity contribution in [2.75, 3.05) is 24.3 Å². The van der Waals surface area contributed by atoms with Crippen LogP contribution in [-0.4, -0.2) is 35.6 Å². The van der Waals surface area contributed by atoms with E-state index < -0.39 is 5.97 Å². The fourth-order valence-electron chi connectivity index (χ4n) is 1.96. The molecule has 2 rings (SSSR count). The van der Waals surface area contributed by atoms with Crippen LogP contribution in [0.25, 0.3) is 0 Å². The van der Waals surface area contributed by atoms with Crippen molar-refractivity contribution in [3.63, 3.8) is 0 Å². The Bertz CT molecular complexity index is 662. The number of amides is 1. The molecule has 6 heteroatoms. The maximum Gasteiger partial charge on any atom is 0.323 e. The van der Waals surface area contributed by atoms with Gasteiger partial charge in [-0.1, -0.05) is 6.07 Å². The highest BCUT2D eigenvalue weighted by molar-refractivity contribution is 6.03. The summed E-state index contributed by atoms with van der Waals surface area (Å²) in [4.78, 5) is 24.9. The van der Waals surface area contributed by atoms with Crippen LogP contribution in [0.3, 0.4) is 0 Å². The third-order valence-corrected chi connectivity index (χ3v) is 2.99. The third kappa shape index (κ3) is 3.62. The van der Waals surface area contributed by atoms with Gasteiger partial charge in [-0.25, -0.2) is 0 Å². The Kier molecular flexibility index (Phi) is 4.27. The van der Waals surface area contributed by atoms with Crippen LogP contribution in [0, 0.1) is 0 Å². The Morgan fingerprint density at radius 3 is 2.67 bits per heavy atom. The standard InChI is InChI=1S/C15H17N3O3/c1-17(2)12-6-3-5-11(9-12)16-15(21)13-7-4-8-18(13)10-14(19)20/h3-9H,10H2,1-2H3,(H,16,21)(H,19,20). The molecule has 21 heavy (non-hydrogen) atoms. The fraction of sp³-hybridized carbons (Fsp3) is 0.200. The lowest BCUT2D eigenvalue weighted by atomic mass is 10.2. The van der Waals surface area contributed by atoms with E-state index in [1.165, 1.54) is 4.57 Å². The number of hydrogen-bond acceptors (Lipinski definition) is 3. The van der Waals surface area contributed by atoms with Gasteiger partial charge in [0.25, 0.3) is 5.91 Å². The first kappa shape index (κ1) is 14.6. The van der Waals surface area contributed by atoms with Crippen LogP contribution in [0.15, 0.2) is 42.6 Å².